The number of hydrogen-bond acceptors (Lipinski definition) is 7. The number of pyridine rings is 1. The number of nitrogens with one attached hydrogen (secondary N) is 1. The van der Waals surface area contributed by atoms with Crippen LogP contribution < -0.4 is 10.9 Å². The first-order valence-corrected chi connectivity index (χ1v) is 8.65. The van der Waals surface area contributed by atoms with Gasteiger partial charge in [-0.15, -0.1) is 0 Å². The molecule has 12 nitrogen and oxygen atoms in total. The molecule has 0 bridgehead atoms. The van der Waals surface area contributed by atoms with Crippen molar-refractivity contribution >= 4 is 17.8 Å². The second kappa shape index (κ2) is 9.51. The molecule has 174 valence electrons. The van der Waals surface area contributed by atoms with Crippen molar-refractivity contribution in [3.63, 3.8) is 0 Å². The molecule has 32 heavy (non-hydrogen) atoms. The molecule has 0 spiro atoms. The van der Waals surface area contributed by atoms with Gasteiger partial charge in [0.05, 0.1) is 37.5 Å². The predicted molar refractivity (Wildman–Crippen MR) is 96.8 cm³/mol. The molecule has 1 aliphatic rings. The number of aromatic nitrogens is 3. The summed E-state index contributed by atoms with van der Waals surface area (Å²) in [6.45, 7) is -0.374. The Morgan fingerprint density at radius 1 is 1.25 bits per heavy atom. The fourth-order valence-electron chi connectivity index (χ4n) is 2.70. The minimum absolute atomic E-state index is 0.0584. The highest BCUT2D eigenvalue weighted by atomic mass is 19.4. The number of aromatic hydroxyl groups is 1. The van der Waals surface area contributed by atoms with Crippen LogP contribution in [0.4, 0.5) is 13.2 Å². The van der Waals surface area contributed by atoms with E-state index in [9.17, 15) is 32.7 Å². The van der Waals surface area contributed by atoms with Gasteiger partial charge in [0.2, 0.25) is 0 Å². The van der Waals surface area contributed by atoms with E-state index >= 15 is 0 Å². The van der Waals surface area contributed by atoms with Crippen LogP contribution >= 0.6 is 0 Å². The second-order valence-corrected chi connectivity index (χ2v) is 6.44. The predicted octanol–water partition coefficient (Wildman–Crippen LogP) is -0.186. The highest BCUT2D eigenvalue weighted by Gasteiger charge is 2.38. The molecular formula is C17H17F3N4O8. The van der Waals surface area contributed by atoms with Gasteiger partial charge in [-0.2, -0.15) is 13.2 Å². The van der Waals surface area contributed by atoms with Crippen molar-refractivity contribution in [3.8, 4) is 5.75 Å². The molecule has 15 heteroatoms. The van der Waals surface area contributed by atoms with Crippen LogP contribution in [-0.4, -0.2) is 60.0 Å². The first-order valence-electron chi connectivity index (χ1n) is 8.65. The van der Waals surface area contributed by atoms with Gasteiger partial charge in [0, 0.05) is 18.8 Å². The van der Waals surface area contributed by atoms with Crippen LogP contribution in [0.5, 0.6) is 5.75 Å². The van der Waals surface area contributed by atoms with Gasteiger partial charge in [-0.25, -0.2) is 9.78 Å². The van der Waals surface area contributed by atoms with Gasteiger partial charge >= 0.3 is 18.1 Å². The summed E-state index contributed by atoms with van der Waals surface area (Å²) in [5.41, 5.74) is 0.192. The number of aryl methyl sites for hydroxylation is 1. The van der Waals surface area contributed by atoms with Gasteiger partial charge in [0.25, 0.3) is 11.5 Å². The lowest BCUT2D eigenvalue weighted by atomic mass is 10.1. The number of fused-ring (bicyclic) bond motifs is 1. The lowest BCUT2D eigenvalue weighted by Crippen LogP contribution is -2.37. The summed E-state index contributed by atoms with van der Waals surface area (Å²) in [4.78, 5) is 48.6. The molecule has 0 aliphatic carbocycles. The number of carbonyl (C=O) groups excluding carboxylic acids is 1. The number of carbonyl (C=O) groups is 3. The van der Waals surface area contributed by atoms with Crippen molar-refractivity contribution in [3.05, 3.63) is 45.4 Å². The van der Waals surface area contributed by atoms with Crippen LogP contribution in [0.25, 0.3) is 0 Å². The quantitative estimate of drug-likeness (QED) is 0.470. The van der Waals surface area contributed by atoms with Crippen molar-refractivity contribution in [1.82, 2.24) is 19.4 Å². The number of carboxylic acid groups (broad SMARTS) is 2. The van der Waals surface area contributed by atoms with Crippen molar-refractivity contribution in [2.75, 3.05) is 6.54 Å². The van der Waals surface area contributed by atoms with Gasteiger partial charge < -0.3 is 34.5 Å². The van der Waals surface area contributed by atoms with Gasteiger partial charge in [-0.1, -0.05) is 0 Å². The number of rotatable bonds is 5. The van der Waals surface area contributed by atoms with Gasteiger partial charge in [-0.3, -0.25) is 14.4 Å². The number of amides is 1. The average Bonchev–Trinajstić information content (AvgIpc) is 3.32. The molecular weight excluding hydrogens is 445 g/mol. The highest BCUT2D eigenvalue weighted by molar-refractivity contribution is 5.98. The Kier molecular flexibility index (Phi) is 7.24. The highest BCUT2D eigenvalue weighted by Crippen LogP contribution is 2.30. The first kappa shape index (κ1) is 24.4. The third kappa shape index (κ3) is 5.63. The summed E-state index contributed by atoms with van der Waals surface area (Å²) in [6, 6.07) is 0. The van der Waals surface area contributed by atoms with Gasteiger partial charge in [0.1, 0.15) is 17.9 Å². The van der Waals surface area contributed by atoms with Crippen LogP contribution in [0.3, 0.4) is 0 Å². The van der Waals surface area contributed by atoms with Crippen molar-refractivity contribution in [2.24, 2.45) is 7.05 Å². The van der Waals surface area contributed by atoms with Crippen LogP contribution in [0, 0.1) is 0 Å². The number of halogens is 3. The molecule has 0 atom stereocenters. The maximum Gasteiger partial charge on any atom is 0.490 e. The SMILES string of the molecule is Cn1cnc(Cn2c3c(c(O)c(C(=O)NCC(=O)O)c2=O)COC3)c1.O=C(O)C(F)(F)F. The molecule has 0 fully saturated rings. The summed E-state index contributed by atoms with van der Waals surface area (Å²) >= 11 is 0. The van der Waals surface area contributed by atoms with Crippen molar-refractivity contribution < 1.29 is 47.6 Å². The van der Waals surface area contributed by atoms with E-state index in [1.54, 1.807) is 24.1 Å². The number of aliphatic carboxylic acids is 2. The minimum Gasteiger partial charge on any atom is -0.506 e. The Morgan fingerprint density at radius 2 is 1.88 bits per heavy atom. The van der Waals surface area contributed by atoms with E-state index in [0.29, 0.717) is 17.0 Å². The van der Waals surface area contributed by atoms with Crippen molar-refractivity contribution in [1.29, 1.82) is 0 Å². The number of alkyl halides is 3. The van der Waals surface area contributed by atoms with E-state index in [1.165, 1.54) is 4.57 Å². The molecule has 2 aromatic rings. The molecule has 0 saturated heterocycles. The molecule has 0 saturated carbocycles. The lowest BCUT2D eigenvalue weighted by molar-refractivity contribution is -0.192. The zero-order valence-electron chi connectivity index (χ0n) is 16.3. The fourth-order valence-corrected chi connectivity index (χ4v) is 2.70. The van der Waals surface area contributed by atoms with E-state index in [-0.39, 0.29) is 19.8 Å². The van der Waals surface area contributed by atoms with E-state index in [0.717, 1.165) is 0 Å². The maximum absolute atomic E-state index is 12.8. The Morgan fingerprint density at radius 3 is 2.38 bits per heavy atom. The lowest BCUT2D eigenvalue weighted by Gasteiger charge is -2.14. The first-order chi connectivity index (χ1) is 14.8. The molecule has 3 heterocycles. The van der Waals surface area contributed by atoms with Gasteiger partial charge in [-0.05, 0) is 0 Å². The number of imidazole rings is 1. The average molecular weight is 462 g/mol. The van der Waals surface area contributed by atoms with E-state index < -0.39 is 47.4 Å². The Hall–Kier alpha value is -3.88. The summed E-state index contributed by atoms with van der Waals surface area (Å²) in [7, 11) is 1.79. The Bertz CT molecular complexity index is 1110. The third-order valence-corrected chi connectivity index (χ3v) is 4.09. The molecule has 3 rings (SSSR count). The molecule has 4 N–H and O–H groups in total. The monoisotopic (exact) mass is 462 g/mol. The maximum atomic E-state index is 12.8. The van der Waals surface area contributed by atoms with Crippen LogP contribution in [0.1, 0.15) is 27.3 Å². The zero-order valence-corrected chi connectivity index (χ0v) is 16.3. The number of hydrogen-bond donors (Lipinski definition) is 4. The Balaban J connectivity index is 0.000000451. The number of ether oxygens (including phenoxy) is 1. The molecule has 0 unspecified atom stereocenters. The van der Waals surface area contributed by atoms with E-state index in [4.69, 9.17) is 19.7 Å². The zero-order chi connectivity index (χ0) is 24.2. The molecule has 0 radical (unpaired) electrons. The number of carboxylic acids is 2. The standard InChI is InChI=1S/C15H16N4O6.C2HF3O2/c1-18-3-8(17-7-18)4-19-10-6-25-5-9(10)13(22)12(15(19)24)14(23)16-2-11(20)21;3-2(4,5)1(6)7/h3,7,22H,2,4-6H2,1H3,(H,16,23)(H,20,21);(H,6,7). The molecule has 1 aliphatic heterocycles. The van der Waals surface area contributed by atoms with E-state index in [1.807, 2.05) is 0 Å². The molecule has 1 amide bonds. The topological polar surface area (TPSA) is 173 Å². The largest absolute Gasteiger partial charge is 0.506 e. The number of nitrogens with zero attached hydrogens (tertiary/aromatic N) is 3. The molecule has 2 aromatic heterocycles. The molecule has 0 aromatic carbocycles. The smallest absolute Gasteiger partial charge is 0.490 e. The third-order valence-electron chi connectivity index (χ3n) is 4.09. The normalized spacial score (nSPS) is 12.5. The van der Waals surface area contributed by atoms with Crippen LogP contribution in [0.15, 0.2) is 17.3 Å². The Labute approximate surface area is 176 Å². The minimum atomic E-state index is -5.08. The summed E-state index contributed by atoms with van der Waals surface area (Å²) in [5, 5.41) is 28.2. The summed E-state index contributed by atoms with van der Waals surface area (Å²) < 4.78 is 40.1. The summed E-state index contributed by atoms with van der Waals surface area (Å²) in [6.07, 6.45) is -1.77. The van der Waals surface area contributed by atoms with Gasteiger partial charge in [0.15, 0.2) is 0 Å². The fraction of sp³-hybridized carbons (Fsp3) is 0.353. The van der Waals surface area contributed by atoms with Crippen molar-refractivity contribution in [2.45, 2.75) is 25.9 Å². The van der Waals surface area contributed by atoms with Crippen LogP contribution in [0.2, 0.25) is 0 Å². The second-order valence-electron chi connectivity index (χ2n) is 6.44. The van der Waals surface area contributed by atoms with E-state index in [2.05, 4.69) is 10.3 Å². The van der Waals surface area contributed by atoms with Crippen LogP contribution in [-0.2, 0) is 41.1 Å². The summed E-state index contributed by atoms with van der Waals surface area (Å²) in [5.74, 6) is -5.44.